The van der Waals surface area contributed by atoms with E-state index in [0.717, 1.165) is 32.9 Å². The summed E-state index contributed by atoms with van der Waals surface area (Å²) in [5.74, 6) is 0.101. The lowest BCUT2D eigenvalue weighted by molar-refractivity contribution is -0.118. The number of amides is 1. The minimum absolute atomic E-state index is 0.101. The summed E-state index contributed by atoms with van der Waals surface area (Å²) in [6.07, 6.45) is 1.20. The van der Waals surface area contributed by atoms with Crippen LogP contribution in [0.3, 0.4) is 0 Å². The van der Waals surface area contributed by atoms with Gasteiger partial charge in [0.2, 0.25) is 5.91 Å². The second kappa shape index (κ2) is 8.36. The molecule has 4 aromatic rings. The van der Waals surface area contributed by atoms with Gasteiger partial charge in [0.25, 0.3) is 0 Å². The topological polar surface area (TPSA) is 33.2 Å². The van der Waals surface area contributed by atoms with Gasteiger partial charge in [0.15, 0.2) is 5.13 Å². The Morgan fingerprint density at radius 3 is 2.25 bits per heavy atom. The molecule has 0 spiro atoms. The Balaban J connectivity index is 1.62. The highest BCUT2D eigenvalue weighted by molar-refractivity contribution is 7.22. The highest BCUT2D eigenvalue weighted by Crippen LogP contribution is 2.32. The van der Waals surface area contributed by atoms with Crippen LogP contribution in [0.15, 0.2) is 78.9 Å². The molecule has 0 bridgehead atoms. The maximum absolute atomic E-state index is 13.2. The van der Waals surface area contributed by atoms with Gasteiger partial charge in [-0.1, -0.05) is 84.1 Å². The van der Waals surface area contributed by atoms with Crippen molar-refractivity contribution < 1.29 is 4.79 Å². The zero-order valence-corrected chi connectivity index (χ0v) is 16.7. The lowest BCUT2D eigenvalue weighted by atomic mass is 10.1. The van der Waals surface area contributed by atoms with Crippen LogP contribution in [-0.2, 0) is 17.8 Å². The third-order valence-electron chi connectivity index (χ3n) is 4.80. The number of nitrogens with zero attached hydrogens (tertiary/aromatic N) is 2. The predicted octanol–water partition coefficient (Wildman–Crippen LogP) is 5.77. The summed E-state index contributed by atoms with van der Waals surface area (Å²) < 4.78 is 1.11. The first kappa shape index (κ1) is 18.4. The Hall–Kier alpha value is -2.98. The molecule has 1 aromatic heterocycles. The van der Waals surface area contributed by atoms with E-state index in [1.807, 2.05) is 47.4 Å². The average Bonchev–Trinajstić information content (AvgIpc) is 3.17. The number of hydrogen-bond donors (Lipinski definition) is 0. The molecule has 3 nitrogen and oxygen atoms in total. The van der Waals surface area contributed by atoms with Crippen molar-refractivity contribution in [3.8, 4) is 0 Å². The zero-order valence-electron chi connectivity index (χ0n) is 15.8. The van der Waals surface area contributed by atoms with Crippen molar-refractivity contribution in [1.82, 2.24) is 4.98 Å². The third-order valence-corrected chi connectivity index (χ3v) is 5.84. The molecule has 1 amide bonds. The summed E-state index contributed by atoms with van der Waals surface area (Å²) in [7, 11) is 0. The van der Waals surface area contributed by atoms with Gasteiger partial charge in [-0.25, -0.2) is 4.98 Å². The highest BCUT2D eigenvalue weighted by Gasteiger charge is 2.20. The molecule has 0 fully saturated rings. The SMILES string of the molecule is Cc1cccc2sc(N(Cc3ccccc3)C(=O)CCc3ccccc3)nc12. The standard InChI is InChI=1S/C24H22N2OS/c1-18-9-8-14-21-23(18)25-24(28-21)26(17-20-12-6-3-7-13-20)22(27)16-15-19-10-4-2-5-11-19/h2-14H,15-17H2,1H3. The van der Waals surface area contributed by atoms with Crippen molar-refractivity contribution in [3.05, 3.63) is 95.6 Å². The van der Waals surface area contributed by atoms with E-state index in [1.165, 1.54) is 5.56 Å². The van der Waals surface area contributed by atoms with Gasteiger partial charge in [-0.3, -0.25) is 9.69 Å². The van der Waals surface area contributed by atoms with E-state index in [9.17, 15) is 4.79 Å². The number of rotatable bonds is 6. The minimum atomic E-state index is 0.101. The molecule has 28 heavy (non-hydrogen) atoms. The molecule has 0 saturated carbocycles. The third kappa shape index (κ3) is 4.12. The van der Waals surface area contributed by atoms with E-state index in [0.29, 0.717) is 13.0 Å². The number of hydrogen-bond acceptors (Lipinski definition) is 3. The van der Waals surface area contributed by atoms with Crippen LogP contribution < -0.4 is 4.90 Å². The number of aromatic nitrogens is 1. The number of carbonyl (C=O) groups is 1. The van der Waals surface area contributed by atoms with Gasteiger partial charge in [0.1, 0.15) is 0 Å². The predicted molar refractivity (Wildman–Crippen MR) is 117 cm³/mol. The van der Waals surface area contributed by atoms with Crippen LogP contribution in [0.5, 0.6) is 0 Å². The normalized spacial score (nSPS) is 10.9. The van der Waals surface area contributed by atoms with Crippen LogP contribution in [0.25, 0.3) is 10.2 Å². The molecule has 4 rings (SSSR count). The molecule has 140 valence electrons. The molecule has 0 radical (unpaired) electrons. The second-order valence-corrected chi connectivity index (χ2v) is 7.88. The Labute approximate surface area is 169 Å². The fourth-order valence-corrected chi connectivity index (χ4v) is 4.31. The number of thiazole rings is 1. The summed E-state index contributed by atoms with van der Waals surface area (Å²) in [5.41, 5.74) is 4.40. The molecule has 1 heterocycles. The van der Waals surface area contributed by atoms with E-state index in [2.05, 4.69) is 43.3 Å². The van der Waals surface area contributed by atoms with E-state index in [1.54, 1.807) is 11.3 Å². The fourth-order valence-electron chi connectivity index (χ4n) is 3.25. The maximum Gasteiger partial charge on any atom is 0.229 e. The summed E-state index contributed by atoms with van der Waals surface area (Å²) in [4.78, 5) is 19.8. The summed E-state index contributed by atoms with van der Waals surface area (Å²) in [6.45, 7) is 2.60. The van der Waals surface area contributed by atoms with Gasteiger partial charge < -0.3 is 0 Å². The number of anilines is 1. The van der Waals surface area contributed by atoms with Gasteiger partial charge in [0.05, 0.1) is 16.8 Å². The summed E-state index contributed by atoms with van der Waals surface area (Å²) in [6, 6.07) is 26.4. The minimum Gasteiger partial charge on any atom is -0.284 e. The number of carbonyl (C=O) groups excluding carboxylic acids is 1. The first-order valence-electron chi connectivity index (χ1n) is 9.45. The van der Waals surface area contributed by atoms with Gasteiger partial charge >= 0.3 is 0 Å². The molecule has 0 aliphatic carbocycles. The van der Waals surface area contributed by atoms with Crippen LogP contribution in [0, 0.1) is 6.92 Å². The number of aryl methyl sites for hydroxylation is 2. The van der Waals surface area contributed by atoms with Gasteiger partial charge in [0, 0.05) is 6.42 Å². The molecule has 0 atom stereocenters. The number of fused-ring (bicyclic) bond motifs is 1. The fraction of sp³-hybridized carbons (Fsp3) is 0.167. The van der Waals surface area contributed by atoms with Crippen molar-refractivity contribution >= 4 is 32.6 Å². The lowest BCUT2D eigenvalue weighted by Crippen LogP contribution is -2.30. The quantitative estimate of drug-likeness (QED) is 0.421. The Morgan fingerprint density at radius 2 is 1.57 bits per heavy atom. The Bertz CT molecular complexity index is 1070. The van der Waals surface area contributed by atoms with Crippen LogP contribution in [-0.4, -0.2) is 10.9 Å². The van der Waals surface area contributed by atoms with Crippen LogP contribution in [0.1, 0.15) is 23.1 Å². The van der Waals surface area contributed by atoms with Crippen molar-refractivity contribution in [2.45, 2.75) is 26.3 Å². The van der Waals surface area contributed by atoms with Gasteiger partial charge in [-0.15, -0.1) is 0 Å². The van der Waals surface area contributed by atoms with Crippen molar-refractivity contribution in [1.29, 1.82) is 0 Å². The largest absolute Gasteiger partial charge is 0.284 e. The zero-order chi connectivity index (χ0) is 19.3. The van der Waals surface area contributed by atoms with E-state index >= 15 is 0 Å². The monoisotopic (exact) mass is 386 g/mol. The molecule has 0 aliphatic heterocycles. The summed E-state index contributed by atoms with van der Waals surface area (Å²) in [5, 5.41) is 0.770. The van der Waals surface area contributed by atoms with Crippen molar-refractivity contribution in [2.24, 2.45) is 0 Å². The van der Waals surface area contributed by atoms with E-state index in [-0.39, 0.29) is 5.91 Å². The molecular weight excluding hydrogens is 364 g/mol. The molecule has 4 heteroatoms. The van der Waals surface area contributed by atoms with Gasteiger partial charge in [-0.05, 0) is 36.1 Å². The second-order valence-electron chi connectivity index (χ2n) is 6.87. The summed E-state index contributed by atoms with van der Waals surface area (Å²) >= 11 is 1.58. The average molecular weight is 387 g/mol. The Kier molecular flexibility index (Phi) is 5.49. The molecule has 3 aromatic carbocycles. The first-order valence-corrected chi connectivity index (χ1v) is 10.3. The molecule has 0 saturated heterocycles. The number of para-hydroxylation sites is 1. The smallest absolute Gasteiger partial charge is 0.229 e. The molecule has 0 aliphatic rings. The van der Waals surface area contributed by atoms with Crippen LogP contribution in [0.2, 0.25) is 0 Å². The van der Waals surface area contributed by atoms with Crippen LogP contribution >= 0.6 is 11.3 Å². The van der Waals surface area contributed by atoms with Crippen molar-refractivity contribution in [2.75, 3.05) is 4.90 Å². The van der Waals surface area contributed by atoms with E-state index in [4.69, 9.17) is 4.98 Å². The molecular formula is C24H22N2OS. The van der Waals surface area contributed by atoms with Crippen LogP contribution in [0.4, 0.5) is 5.13 Å². The highest BCUT2D eigenvalue weighted by atomic mass is 32.1. The molecule has 0 unspecified atom stereocenters. The first-order chi connectivity index (χ1) is 13.7. The Morgan fingerprint density at radius 1 is 0.893 bits per heavy atom. The molecule has 0 N–H and O–H groups in total. The number of benzene rings is 3. The maximum atomic E-state index is 13.2. The lowest BCUT2D eigenvalue weighted by Gasteiger charge is -2.20. The van der Waals surface area contributed by atoms with E-state index < -0.39 is 0 Å². The van der Waals surface area contributed by atoms with Gasteiger partial charge in [-0.2, -0.15) is 0 Å². The van der Waals surface area contributed by atoms with Crippen molar-refractivity contribution in [3.63, 3.8) is 0 Å².